The summed E-state index contributed by atoms with van der Waals surface area (Å²) < 4.78 is 4.98. The van der Waals surface area contributed by atoms with Crippen LogP contribution in [0.4, 0.5) is 5.69 Å². The Morgan fingerprint density at radius 3 is 2.17 bits per heavy atom. The van der Waals surface area contributed by atoms with Crippen LogP contribution in [0, 0.1) is 30.6 Å². The minimum Gasteiger partial charge on any atom is -0.454 e. The van der Waals surface area contributed by atoms with Gasteiger partial charge in [-0.1, -0.05) is 49.6 Å². The molecule has 7 nitrogen and oxygen atoms in total. The van der Waals surface area contributed by atoms with Crippen molar-refractivity contribution in [3.63, 3.8) is 0 Å². The van der Waals surface area contributed by atoms with Gasteiger partial charge in [0.15, 0.2) is 6.61 Å². The number of amides is 3. The Labute approximate surface area is 184 Å². The van der Waals surface area contributed by atoms with Gasteiger partial charge in [-0.15, -0.1) is 0 Å². The highest BCUT2D eigenvalue weighted by Gasteiger charge is 2.66. The first-order chi connectivity index (χ1) is 13.8. The topological polar surface area (TPSA) is 92.8 Å². The molecule has 3 fully saturated rings. The van der Waals surface area contributed by atoms with E-state index in [-0.39, 0.29) is 45.1 Å². The van der Waals surface area contributed by atoms with Gasteiger partial charge in [-0.2, -0.15) is 0 Å². The van der Waals surface area contributed by atoms with Crippen LogP contribution in [0.5, 0.6) is 0 Å². The molecule has 6 atom stereocenters. The number of alkyl halides is 2. The molecule has 1 N–H and O–H groups in total. The maximum atomic E-state index is 12.8. The van der Waals surface area contributed by atoms with E-state index in [2.05, 4.69) is 37.2 Å². The quantitative estimate of drug-likeness (QED) is 0.360. The number of imide groups is 1. The van der Waals surface area contributed by atoms with Gasteiger partial charge in [0, 0.05) is 15.3 Å². The van der Waals surface area contributed by atoms with Gasteiger partial charge in [-0.3, -0.25) is 24.1 Å². The number of fused-ring (bicyclic) bond motifs is 5. The Bertz CT molecular complexity index is 842. The van der Waals surface area contributed by atoms with Crippen molar-refractivity contribution >= 4 is 61.2 Å². The highest BCUT2D eigenvalue weighted by molar-refractivity contribution is 9.12. The lowest BCUT2D eigenvalue weighted by Gasteiger charge is -2.28. The van der Waals surface area contributed by atoms with Crippen molar-refractivity contribution in [2.24, 2.45) is 23.7 Å². The van der Waals surface area contributed by atoms with Gasteiger partial charge in [-0.05, 0) is 37.3 Å². The van der Waals surface area contributed by atoms with Crippen LogP contribution in [-0.4, -0.2) is 51.4 Å². The molecule has 1 aliphatic heterocycles. The molecule has 1 heterocycles. The Balaban J connectivity index is 1.31. The third-order valence-electron chi connectivity index (χ3n) is 6.07. The average molecular weight is 528 g/mol. The van der Waals surface area contributed by atoms with E-state index < -0.39 is 25.0 Å². The van der Waals surface area contributed by atoms with Crippen LogP contribution in [0.2, 0.25) is 0 Å². The number of nitrogens with one attached hydrogen (secondary N) is 1. The van der Waals surface area contributed by atoms with Crippen molar-refractivity contribution in [2.75, 3.05) is 18.5 Å². The SMILES string of the molecule is Cc1ccc(NC(=O)COC(=O)CN2C(=O)[C@@H]3[C@H]4C[C@@H]([C@@H](Br)[C@H]4Br)[C@H]3C2=O)cc1. The van der Waals surface area contributed by atoms with Gasteiger partial charge < -0.3 is 10.1 Å². The van der Waals surface area contributed by atoms with Crippen molar-refractivity contribution in [1.29, 1.82) is 0 Å². The highest BCUT2D eigenvalue weighted by Crippen LogP contribution is 2.60. The molecular formula is C20H20Br2N2O5. The number of hydrogen-bond donors (Lipinski definition) is 1. The van der Waals surface area contributed by atoms with E-state index in [1.165, 1.54) is 0 Å². The molecule has 2 bridgehead atoms. The highest BCUT2D eigenvalue weighted by atomic mass is 79.9. The number of anilines is 1. The Hall–Kier alpha value is -1.74. The monoisotopic (exact) mass is 526 g/mol. The average Bonchev–Trinajstić information content (AvgIpc) is 3.29. The van der Waals surface area contributed by atoms with Crippen molar-refractivity contribution < 1.29 is 23.9 Å². The summed E-state index contributed by atoms with van der Waals surface area (Å²) in [5.41, 5.74) is 1.66. The number of ether oxygens (including phenoxy) is 1. The predicted octanol–water partition coefficient (Wildman–Crippen LogP) is 2.25. The predicted molar refractivity (Wildman–Crippen MR) is 111 cm³/mol. The molecule has 0 aromatic heterocycles. The van der Waals surface area contributed by atoms with E-state index in [0.29, 0.717) is 5.69 Å². The molecule has 1 aromatic carbocycles. The summed E-state index contributed by atoms with van der Waals surface area (Å²) in [5.74, 6) is -2.44. The molecule has 3 aliphatic rings. The standard InChI is InChI=1S/C20H20Br2N2O5/c1-9-2-4-10(5-3-9)23-13(25)8-29-14(26)7-24-19(27)15-11-6-12(16(15)20(24)28)18(22)17(11)21/h2-5,11-12,15-18H,6-8H2,1H3,(H,23,25)/t11-,12-,15-,16-,17-,18+/m1/s1. The summed E-state index contributed by atoms with van der Waals surface area (Å²) >= 11 is 7.24. The van der Waals surface area contributed by atoms with Gasteiger partial charge >= 0.3 is 5.97 Å². The molecule has 1 saturated heterocycles. The first-order valence-corrected chi connectivity index (χ1v) is 11.3. The Morgan fingerprint density at radius 1 is 1.07 bits per heavy atom. The van der Waals surface area contributed by atoms with Crippen LogP contribution < -0.4 is 5.32 Å². The molecule has 154 valence electrons. The largest absolute Gasteiger partial charge is 0.454 e. The summed E-state index contributed by atoms with van der Waals surface area (Å²) in [7, 11) is 0. The van der Waals surface area contributed by atoms with E-state index in [0.717, 1.165) is 16.9 Å². The second kappa shape index (κ2) is 7.83. The molecule has 2 aliphatic carbocycles. The zero-order valence-electron chi connectivity index (χ0n) is 15.6. The lowest BCUT2D eigenvalue weighted by Crippen LogP contribution is -2.38. The van der Waals surface area contributed by atoms with E-state index in [1.807, 2.05) is 19.1 Å². The van der Waals surface area contributed by atoms with Gasteiger partial charge in [-0.25, -0.2) is 0 Å². The maximum Gasteiger partial charge on any atom is 0.326 e. The van der Waals surface area contributed by atoms with Crippen LogP contribution in [-0.2, 0) is 23.9 Å². The Morgan fingerprint density at radius 2 is 1.62 bits per heavy atom. The lowest BCUT2D eigenvalue weighted by atomic mass is 9.81. The molecule has 29 heavy (non-hydrogen) atoms. The number of carbonyl (C=O) groups excluding carboxylic acids is 4. The number of carbonyl (C=O) groups is 4. The summed E-state index contributed by atoms with van der Waals surface area (Å²) in [6, 6.07) is 7.20. The second-order valence-electron chi connectivity index (χ2n) is 7.84. The molecule has 1 aromatic rings. The lowest BCUT2D eigenvalue weighted by molar-refractivity contribution is -0.154. The molecule has 4 rings (SSSR count). The third kappa shape index (κ3) is 3.63. The number of esters is 1. The zero-order chi connectivity index (χ0) is 20.9. The first kappa shape index (κ1) is 20.5. The zero-order valence-corrected chi connectivity index (χ0v) is 18.8. The fourth-order valence-corrected chi connectivity index (χ4v) is 6.59. The minimum absolute atomic E-state index is 0.0899. The molecule has 2 saturated carbocycles. The number of halogens is 2. The van der Waals surface area contributed by atoms with Gasteiger partial charge in [0.1, 0.15) is 6.54 Å². The summed E-state index contributed by atoms with van der Waals surface area (Å²) in [6.45, 7) is 1.000. The summed E-state index contributed by atoms with van der Waals surface area (Å²) in [5, 5.41) is 2.62. The van der Waals surface area contributed by atoms with Crippen LogP contribution in [0.3, 0.4) is 0 Å². The molecule has 0 unspecified atom stereocenters. The van der Waals surface area contributed by atoms with E-state index in [4.69, 9.17) is 4.74 Å². The van der Waals surface area contributed by atoms with Crippen LogP contribution in [0.25, 0.3) is 0 Å². The van der Waals surface area contributed by atoms with Gasteiger partial charge in [0.2, 0.25) is 11.8 Å². The fraction of sp³-hybridized carbons (Fsp3) is 0.500. The van der Waals surface area contributed by atoms with Crippen molar-refractivity contribution in [3.05, 3.63) is 29.8 Å². The number of rotatable bonds is 5. The van der Waals surface area contributed by atoms with E-state index >= 15 is 0 Å². The molecule has 0 radical (unpaired) electrons. The van der Waals surface area contributed by atoms with Crippen molar-refractivity contribution in [2.45, 2.75) is 23.0 Å². The van der Waals surface area contributed by atoms with E-state index in [1.54, 1.807) is 12.1 Å². The molecule has 0 spiro atoms. The summed E-state index contributed by atoms with van der Waals surface area (Å²) in [4.78, 5) is 50.9. The number of benzene rings is 1. The number of hydrogen-bond acceptors (Lipinski definition) is 5. The first-order valence-electron chi connectivity index (χ1n) is 9.43. The maximum absolute atomic E-state index is 12.8. The van der Waals surface area contributed by atoms with Gasteiger partial charge in [0.05, 0.1) is 11.8 Å². The summed E-state index contributed by atoms with van der Waals surface area (Å²) in [6.07, 6.45) is 0.829. The second-order valence-corrected chi connectivity index (χ2v) is 9.96. The Kier molecular flexibility index (Phi) is 5.54. The minimum atomic E-state index is -0.774. The molecule has 3 amide bonds. The normalized spacial score (nSPS) is 32.4. The fourth-order valence-electron chi connectivity index (χ4n) is 4.72. The molecule has 9 heteroatoms. The van der Waals surface area contributed by atoms with Crippen LogP contribution in [0.1, 0.15) is 12.0 Å². The van der Waals surface area contributed by atoms with E-state index in [9.17, 15) is 19.2 Å². The van der Waals surface area contributed by atoms with Crippen LogP contribution >= 0.6 is 31.9 Å². The van der Waals surface area contributed by atoms with Crippen LogP contribution in [0.15, 0.2) is 24.3 Å². The van der Waals surface area contributed by atoms with Gasteiger partial charge in [0.25, 0.3) is 5.91 Å². The number of nitrogens with zero attached hydrogens (tertiary/aromatic N) is 1. The molecular weight excluding hydrogens is 508 g/mol. The smallest absolute Gasteiger partial charge is 0.326 e. The van der Waals surface area contributed by atoms with Crippen molar-refractivity contribution in [3.8, 4) is 0 Å². The van der Waals surface area contributed by atoms with Crippen molar-refractivity contribution in [1.82, 2.24) is 4.90 Å². The number of likely N-dealkylation sites (tertiary alicyclic amines) is 1. The number of aryl methyl sites for hydroxylation is 1. The third-order valence-corrected chi connectivity index (χ3v) is 9.27.